The van der Waals surface area contributed by atoms with Crippen molar-refractivity contribution in [1.29, 1.82) is 0 Å². The lowest BCUT2D eigenvalue weighted by molar-refractivity contribution is 0.150. The summed E-state index contributed by atoms with van der Waals surface area (Å²) in [6.07, 6.45) is 6.91. The molecule has 2 fully saturated rings. The Bertz CT molecular complexity index is 650. The Morgan fingerprint density at radius 2 is 1.52 bits per heavy atom. The van der Waals surface area contributed by atoms with Crippen molar-refractivity contribution in [3.05, 3.63) is 54.1 Å². The van der Waals surface area contributed by atoms with Gasteiger partial charge in [-0.15, -0.1) is 0 Å². The molecule has 2 atom stereocenters. The normalized spacial score (nSPS) is 24.5. The van der Waals surface area contributed by atoms with E-state index >= 15 is 0 Å². The molecule has 0 aromatic heterocycles. The van der Waals surface area contributed by atoms with E-state index < -0.39 is 0 Å². The summed E-state index contributed by atoms with van der Waals surface area (Å²) in [6.45, 7) is 1.29. The zero-order chi connectivity index (χ0) is 15.6. The van der Waals surface area contributed by atoms with E-state index in [9.17, 15) is 0 Å². The Labute approximate surface area is 143 Å². The molecule has 0 unspecified atom stereocenters. The minimum Gasteiger partial charge on any atom is -0.399 e. The van der Waals surface area contributed by atoms with E-state index in [2.05, 4.69) is 41.3 Å². The fraction of sp³-hybridized carbons (Fsp3) is 0.400. The fourth-order valence-electron chi connectivity index (χ4n) is 4.05. The number of nitrogen functional groups attached to an aromatic ring is 1. The summed E-state index contributed by atoms with van der Waals surface area (Å²) in [5.74, 6) is 0. The van der Waals surface area contributed by atoms with Crippen LogP contribution in [0.5, 0.6) is 0 Å². The molecule has 2 aromatic rings. The van der Waals surface area contributed by atoms with Gasteiger partial charge >= 0.3 is 0 Å². The zero-order valence-electron chi connectivity index (χ0n) is 13.4. The van der Waals surface area contributed by atoms with Crippen molar-refractivity contribution in [3.8, 4) is 0 Å². The van der Waals surface area contributed by atoms with Gasteiger partial charge in [0, 0.05) is 27.6 Å². The molecule has 0 amide bonds. The number of anilines is 1. The van der Waals surface area contributed by atoms with Crippen LogP contribution in [0.1, 0.15) is 43.7 Å². The first kappa shape index (κ1) is 15.1. The number of nitrogens with two attached hydrogens (primary N) is 1. The van der Waals surface area contributed by atoms with E-state index in [4.69, 9.17) is 5.73 Å². The van der Waals surface area contributed by atoms with E-state index in [1.807, 2.05) is 12.1 Å². The number of fused-ring (bicyclic) bond motifs is 1. The van der Waals surface area contributed by atoms with Crippen LogP contribution < -0.4 is 5.73 Å². The first-order chi connectivity index (χ1) is 11.3. The Morgan fingerprint density at radius 3 is 2.26 bits per heavy atom. The van der Waals surface area contributed by atoms with E-state index in [-0.39, 0.29) is 0 Å². The predicted molar refractivity (Wildman–Crippen MR) is 97.7 cm³/mol. The van der Waals surface area contributed by atoms with Gasteiger partial charge < -0.3 is 5.73 Å². The summed E-state index contributed by atoms with van der Waals surface area (Å²) in [6, 6.07) is 18.8. The molecule has 2 saturated heterocycles. The van der Waals surface area contributed by atoms with Crippen LogP contribution in [0.25, 0.3) is 0 Å². The van der Waals surface area contributed by atoms with Gasteiger partial charge in [-0.1, -0.05) is 30.3 Å². The molecule has 0 radical (unpaired) electrons. The SMILES string of the molecule is Nc1ccc(Sc2ccc([C@@H]3CC[C@H]4CCCCN43)cc2)cc1. The molecule has 2 heterocycles. The number of hydrogen-bond donors (Lipinski definition) is 1. The highest BCUT2D eigenvalue weighted by atomic mass is 32.2. The quantitative estimate of drug-likeness (QED) is 0.796. The Hall–Kier alpha value is -1.45. The van der Waals surface area contributed by atoms with Gasteiger partial charge in [-0.05, 0) is 74.2 Å². The second kappa shape index (κ2) is 6.58. The lowest BCUT2D eigenvalue weighted by atomic mass is 10.0. The summed E-state index contributed by atoms with van der Waals surface area (Å²) in [7, 11) is 0. The monoisotopic (exact) mass is 324 g/mol. The van der Waals surface area contributed by atoms with Crippen LogP contribution in [-0.4, -0.2) is 17.5 Å². The highest BCUT2D eigenvalue weighted by Crippen LogP contribution is 2.40. The second-order valence-corrected chi connectivity index (χ2v) is 7.87. The number of piperidine rings is 1. The molecular formula is C20H24N2S. The Morgan fingerprint density at radius 1 is 0.826 bits per heavy atom. The van der Waals surface area contributed by atoms with Gasteiger partial charge in [0.25, 0.3) is 0 Å². The average molecular weight is 324 g/mol. The minimum absolute atomic E-state index is 0.649. The van der Waals surface area contributed by atoms with E-state index in [0.29, 0.717) is 6.04 Å². The van der Waals surface area contributed by atoms with E-state index in [0.717, 1.165) is 11.7 Å². The molecular weight excluding hydrogens is 300 g/mol. The van der Waals surface area contributed by atoms with Crippen molar-refractivity contribution >= 4 is 17.4 Å². The largest absolute Gasteiger partial charge is 0.399 e. The third-order valence-corrected chi connectivity index (χ3v) is 6.24. The van der Waals surface area contributed by atoms with Crippen LogP contribution in [0, 0.1) is 0 Å². The first-order valence-electron chi connectivity index (χ1n) is 8.69. The zero-order valence-corrected chi connectivity index (χ0v) is 14.3. The molecule has 2 aromatic carbocycles. The smallest absolute Gasteiger partial charge is 0.0351 e. The minimum atomic E-state index is 0.649. The Balaban J connectivity index is 1.46. The molecule has 2 aliphatic rings. The van der Waals surface area contributed by atoms with Gasteiger partial charge in [0.15, 0.2) is 0 Å². The van der Waals surface area contributed by atoms with Crippen LogP contribution >= 0.6 is 11.8 Å². The molecule has 3 heteroatoms. The standard InChI is InChI=1S/C20H24N2S/c21-16-6-11-19(12-7-16)23-18-9-4-15(5-10-18)20-13-8-17-3-1-2-14-22(17)20/h4-7,9-12,17,20H,1-3,8,13-14,21H2/t17-,20+/m1/s1. The summed E-state index contributed by atoms with van der Waals surface area (Å²) < 4.78 is 0. The maximum Gasteiger partial charge on any atom is 0.0351 e. The number of hydrogen-bond acceptors (Lipinski definition) is 3. The molecule has 0 bridgehead atoms. The van der Waals surface area contributed by atoms with Crippen LogP contribution in [-0.2, 0) is 0 Å². The highest BCUT2D eigenvalue weighted by molar-refractivity contribution is 7.99. The summed E-state index contributed by atoms with van der Waals surface area (Å²) in [4.78, 5) is 5.29. The average Bonchev–Trinajstić information content (AvgIpc) is 3.02. The molecule has 0 saturated carbocycles. The van der Waals surface area contributed by atoms with Crippen molar-refractivity contribution in [2.24, 2.45) is 0 Å². The highest BCUT2D eigenvalue weighted by Gasteiger charge is 2.35. The summed E-state index contributed by atoms with van der Waals surface area (Å²) in [5.41, 5.74) is 8.07. The molecule has 2 nitrogen and oxygen atoms in total. The van der Waals surface area contributed by atoms with Crippen molar-refractivity contribution in [3.63, 3.8) is 0 Å². The maximum absolute atomic E-state index is 5.75. The molecule has 2 N–H and O–H groups in total. The molecule has 0 aliphatic carbocycles. The van der Waals surface area contributed by atoms with Crippen LogP contribution in [0.4, 0.5) is 5.69 Å². The third-order valence-electron chi connectivity index (χ3n) is 5.23. The van der Waals surface area contributed by atoms with Gasteiger partial charge in [0.1, 0.15) is 0 Å². The summed E-state index contributed by atoms with van der Waals surface area (Å²) >= 11 is 1.80. The third kappa shape index (κ3) is 3.26. The summed E-state index contributed by atoms with van der Waals surface area (Å²) in [5, 5.41) is 0. The molecule has 2 aliphatic heterocycles. The maximum atomic E-state index is 5.75. The van der Waals surface area contributed by atoms with Crippen LogP contribution in [0.15, 0.2) is 58.3 Å². The van der Waals surface area contributed by atoms with Gasteiger partial charge in [-0.2, -0.15) is 0 Å². The predicted octanol–water partition coefficient (Wildman–Crippen LogP) is 5.11. The molecule has 4 rings (SSSR count). The second-order valence-electron chi connectivity index (χ2n) is 6.72. The van der Waals surface area contributed by atoms with Crippen molar-refractivity contribution in [2.75, 3.05) is 12.3 Å². The lowest BCUT2D eigenvalue weighted by Crippen LogP contribution is -2.35. The fourth-order valence-corrected chi connectivity index (χ4v) is 4.86. The molecule has 120 valence electrons. The number of rotatable bonds is 3. The molecule has 23 heavy (non-hydrogen) atoms. The van der Waals surface area contributed by atoms with Gasteiger partial charge in [0.05, 0.1) is 0 Å². The number of nitrogens with zero attached hydrogens (tertiary/aromatic N) is 1. The van der Waals surface area contributed by atoms with Gasteiger partial charge in [0.2, 0.25) is 0 Å². The topological polar surface area (TPSA) is 29.3 Å². The van der Waals surface area contributed by atoms with Crippen molar-refractivity contribution in [2.45, 2.75) is 54.0 Å². The van der Waals surface area contributed by atoms with Crippen molar-refractivity contribution < 1.29 is 0 Å². The van der Waals surface area contributed by atoms with Crippen LogP contribution in [0.2, 0.25) is 0 Å². The van der Waals surface area contributed by atoms with Gasteiger partial charge in [-0.3, -0.25) is 4.90 Å². The van der Waals surface area contributed by atoms with Crippen molar-refractivity contribution in [1.82, 2.24) is 4.90 Å². The van der Waals surface area contributed by atoms with E-state index in [1.165, 1.54) is 54.0 Å². The number of benzene rings is 2. The van der Waals surface area contributed by atoms with Gasteiger partial charge in [-0.25, -0.2) is 0 Å². The lowest BCUT2D eigenvalue weighted by Gasteiger charge is -2.34. The molecule has 0 spiro atoms. The van der Waals surface area contributed by atoms with E-state index in [1.54, 1.807) is 11.8 Å². The first-order valence-corrected chi connectivity index (χ1v) is 9.50. The van der Waals surface area contributed by atoms with Crippen LogP contribution in [0.3, 0.4) is 0 Å². The Kier molecular flexibility index (Phi) is 4.32.